The highest BCUT2D eigenvalue weighted by Gasteiger charge is 2.34. The van der Waals surface area contributed by atoms with Crippen molar-refractivity contribution in [3.05, 3.63) is 82.6 Å². The third kappa shape index (κ3) is 4.07. The molecule has 1 aromatic carbocycles. The minimum atomic E-state index is -0.831. The van der Waals surface area contributed by atoms with Crippen LogP contribution in [0.5, 0.6) is 5.75 Å². The number of Topliss-reactive ketones (excluding diaryl/α,β-unsaturated/α-hetero) is 1. The Balaban J connectivity index is 1.65. The average Bonchev–Trinajstić information content (AvgIpc) is 3.32. The molecule has 0 aliphatic carbocycles. The molecule has 9 heteroatoms. The number of hydrogen-bond acceptors (Lipinski definition) is 5. The quantitative estimate of drug-likeness (QED) is 0.395. The molecule has 4 aromatic rings. The fraction of sp³-hybridized carbons (Fsp3) is 0.320. The number of ether oxygens (including phenoxy) is 1. The molecule has 0 radical (unpaired) electrons. The Labute approximate surface area is 195 Å². The minimum absolute atomic E-state index is 0.0379. The van der Waals surface area contributed by atoms with E-state index in [0.29, 0.717) is 22.8 Å². The normalized spacial score (nSPS) is 13.3. The molecular weight excluding hydrogens is 442 g/mol. The van der Waals surface area contributed by atoms with Gasteiger partial charge in [0.05, 0.1) is 24.1 Å². The molecule has 0 amide bonds. The van der Waals surface area contributed by atoms with Crippen LogP contribution in [0.1, 0.15) is 46.3 Å². The van der Waals surface area contributed by atoms with Crippen LogP contribution in [-0.2, 0) is 19.1 Å². The second-order valence-electron chi connectivity index (χ2n) is 8.69. The van der Waals surface area contributed by atoms with E-state index < -0.39 is 17.0 Å². The van der Waals surface area contributed by atoms with Crippen molar-refractivity contribution in [3.8, 4) is 5.75 Å². The molecule has 0 bridgehead atoms. The van der Waals surface area contributed by atoms with Gasteiger partial charge in [-0.2, -0.15) is 5.10 Å². The summed E-state index contributed by atoms with van der Waals surface area (Å²) in [6.07, 6.45) is 3.40. The SMILES string of the molecule is Cc1nc2c(OCc3c(F)cccc3F)cccn2c1C(=O)CC(C)(CO)c1cnn(C)c1C. The minimum Gasteiger partial charge on any atom is -0.485 e. The predicted molar refractivity (Wildman–Crippen MR) is 122 cm³/mol. The van der Waals surface area contributed by atoms with Crippen molar-refractivity contribution in [2.45, 2.75) is 39.2 Å². The fourth-order valence-corrected chi connectivity index (χ4v) is 4.19. The lowest BCUT2D eigenvalue weighted by Gasteiger charge is -2.26. The summed E-state index contributed by atoms with van der Waals surface area (Å²) in [5.41, 5.74) is 1.87. The molecule has 0 spiro atoms. The van der Waals surface area contributed by atoms with E-state index in [-0.39, 0.29) is 31.0 Å². The Morgan fingerprint density at radius 2 is 1.88 bits per heavy atom. The van der Waals surface area contributed by atoms with Gasteiger partial charge in [-0.15, -0.1) is 0 Å². The monoisotopic (exact) mass is 468 g/mol. The highest BCUT2D eigenvalue weighted by atomic mass is 19.1. The molecular formula is C25H26F2N4O3. The van der Waals surface area contributed by atoms with Crippen LogP contribution in [0.3, 0.4) is 0 Å². The molecule has 1 unspecified atom stereocenters. The van der Waals surface area contributed by atoms with Gasteiger partial charge in [0.15, 0.2) is 17.2 Å². The maximum absolute atomic E-state index is 14.0. The highest BCUT2D eigenvalue weighted by molar-refractivity contribution is 5.97. The average molecular weight is 469 g/mol. The van der Waals surface area contributed by atoms with Crippen LogP contribution in [0.2, 0.25) is 0 Å². The number of aliphatic hydroxyl groups is 1. The number of ketones is 1. The van der Waals surface area contributed by atoms with Crippen molar-refractivity contribution in [1.82, 2.24) is 19.2 Å². The first kappa shape index (κ1) is 23.6. The smallest absolute Gasteiger partial charge is 0.182 e. The van der Waals surface area contributed by atoms with E-state index in [0.717, 1.165) is 11.3 Å². The molecule has 0 fully saturated rings. The molecule has 0 saturated heterocycles. The summed E-state index contributed by atoms with van der Waals surface area (Å²) >= 11 is 0. The number of nitrogens with zero attached hydrogens (tertiary/aromatic N) is 4. The number of pyridine rings is 1. The molecule has 7 nitrogen and oxygen atoms in total. The first-order chi connectivity index (χ1) is 16.2. The van der Waals surface area contributed by atoms with E-state index in [1.807, 2.05) is 20.9 Å². The molecule has 0 aliphatic rings. The number of rotatable bonds is 8. The zero-order chi connectivity index (χ0) is 24.6. The lowest BCUT2D eigenvalue weighted by molar-refractivity contribution is 0.0912. The molecule has 34 heavy (non-hydrogen) atoms. The molecule has 4 rings (SSSR count). The summed E-state index contributed by atoms with van der Waals surface area (Å²) in [5, 5.41) is 14.4. The maximum atomic E-state index is 14.0. The van der Waals surface area contributed by atoms with Crippen LogP contribution in [0.25, 0.3) is 5.65 Å². The zero-order valence-electron chi connectivity index (χ0n) is 19.5. The van der Waals surface area contributed by atoms with Gasteiger partial charge in [0.2, 0.25) is 0 Å². The van der Waals surface area contributed by atoms with Crippen LogP contribution < -0.4 is 4.74 Å². The molecule has 1 N–H and O–H groups in total. The standard InChI is InChI=1S/C25H26F2N4O3/c1-15-23(21(33)11-25(3,14-32)18-12-28-30(4)16(18)2)31-10-6-9-22(24(31)29-15)34-13-17-19(26)7-5-8-20(17)27/h5-10,12,32H,11,13-14H2,1-4H3. The van der Waals surface area contributed by atoms with Gasteiger partial charge >= 0.3 is 0 Å². The van der Waals surface area contributed by atoms with Crippen LogP contribution in [-0.4, -0.2) is 36.7 Å². The summed E-state index contributed by atoms with van der Waals surface area (Å²) in [4.78, 5) is 17.9. The van der Waals surface area contributed by atoms with Gasteiger partial charge < -0.3 is 9.84 Å². The third-order valence-corrected chi connectivity index (χ3v) is 6.27. The summed E-state index contributed by atoms with van der Waals surface area (Å²) in [5.74, 6) is -1.31. The van der Waals surface area contributed by atoms with Crippen molar-refractivity contribution < 1.29 is 23.4 Å². The maximum Gasteiger partial charge on any atom is 0.182 e. The van der Waals surface area contributed by atoms with Crippen LogP contribution >= 0.6 is 0 Å². The van der Waals surface area contributed by atoms with Gasteiger partial charge in [0.25, 0.3) is 0 Å². The van der Waals surface area contributed by atoms with E-state index in [4.69, 9.17) is 4.74 Å². The molecule has 0 aliphatic heterocycles. The number of carbonyl (C=O) groups is 1. The number of hydrogen-bond donors (Lipinski definition) is 1. The van der Waals surface area contributed by atoms with Gasteiger partial charge in [-0.25, -0.2) is 13.8 Å². The van der Waals surface area contributed by atoms with Crippen molar-refractivity contribution >= 4 is 11.4 Å². The summed E-state index contributed by atoms with van der Waals surface area (Å²) < 4.78 is 37.0. The number of imidazole rings is 1. The van der Waals surface area contributed by atoms with Crippen molar-refractivity contribution in [3.63, 3.8) is 0 Å². The number of halogens is 2. The number of aryl methyl sites for hydroxylation is 2. The van der Waals surface area contributed by atoms with Crippen LogP contribution in [0.4, 0.5) is 8.78 Å². The number of aromatic nitrogens is 4. The Morgan fingerprint density at radius 3 is 2.50 bits per heavy atom. The van der Waals surface area contributed by atoms with Crippen molar-refractivity contribution in [2.75, 3.05) is 6.61 Å². The van der Waals surface area contributed by atoms with Crippen molar-refractivity contribution in [1.29, 1.82) is 0 Å². The van der Waals surface area contributed by atoms with Crippen LogP contribution in [0, 0.1) is 25.5 Å². The Kier molecular flexibility index (Phi) is 6.22. The molecule has 3 aromatic heterocycles. The van der Waals surface area contributed by atoms with Gasteiger partial charge in [-0.1, -0.05) is 13.0 Å². The van der Waals surface area contributed by atoms with E-state index in [1.54, 1.807) is 40.5 Å². The molecule has 3 heterocycles. The summed E-state index contributed by atoms with van der Waals surface area (Å²) in [6, 6.07) is 6.93. The lowest BCUT2D eigenvalue weighted by Crippen LogP contribution is -2.31. The molecule has 0 saturated carbocycles. The van der Waals surface area contributed by atoms with Crippen LogP contribution in [0.15, 0.2) is 42.7 Å². The largest absolute Gasteiger partial charge is 0.485 e. The first-order valence-corrected chi connectivity index (χ1v) is 10.8. The van der Waals surface area contributed by atoms with Gasteiger partial charge in [-0.3, -0.25) is 13.9 Å². The number of aliphatic hydroxyl groups excluding tert-OH is 1. The van der Waals surface area contributed by atoms with Gasteiger partial charge in [0, 0.05) is 36.3 Å². The van der Waals surface area contributed by atoms with Gasteiger partial charge in [-0.05, 0) is 38.1 Å². The van der Waals surface area contributed by atoms with E-state index in [9.17, 15) is 18.7 Å². The number of fused-ring (bicyclic) bond motifs is 1. The van der Waals surface area contributed by atoms with E-state index in [2.05, 4.69) is 10.1 Å². The molecule has 1 atom stereocenters. The summed E-state index contributed by atoms with van der Waals surface area (Å²) in [7, 11) is 1.81. The van der Waals surface area contributed by atoms with E-state index >= 15 is 0 Å². The predicted octanol–water partition coefficient (Wildman–Crippen LogP) is 4.06. The lowest BCUT2D eigenvalue weighted by atomic mass is 9.78. The molecule has 178 valence electrons. The van der Waals surface area contributed by atoms with E-state index in [1.165, 1.54) is 18.2 Å². The third-order valence-electron chi connectivity index (χ3n) is 6.27. The topological polar surface area (TPSA) is 81.7 Å². The number of benzene rings is 1. The summed E-state index contributed by atoms with van der Waals surface area (Å²) in [6.45, 7) is 4.87. The first-order valence-electron chi connectivity index (χ1n) is 10.8. The zero-order valence-corrected chi connectivity index (χ0v) is 19.5. The fourth-order valence-electron chi connectivity index (χ4n) is 4.19. The van der Waals surface area contributed by atoms with Crippen molar-refractivity contribution in [2.24, 2.45) is 7.05 Å². The second kappa shape index (κ2) is 8.98. The second-order valence-corrected chi connectivity index (χ2v) is 8.69. The highest BCUT2D eigenvalue weighted by Crippen LogP contribution is 2.32. The Morgan fingerprint density at radius 1 is 1.18 bits per heavy atom. The van der Waals surface area contributed by atoms with Gasteiger partial charge in [0.1, 0.15) is 23.9 Å². The Bertz CT molecular complexity index is 1360. The Hall–Kier alpha value is -3.59. The number of carbonyl (C=O) groups excluding carboxylic acids is 1.